The van der Waals surface area contributed by atoms with E-state index in [4.69, 9.17) is 34.8 Å². The number of rotatable bonds is 4. The van der Waals surface area contributed by atoms with Crippen LogP contribution in [-0.2, 0) is 11.3 Å². The van der Waals surface area contributed by atoms with Crippen LogP contribution in [-0.4, -0.2) is 23.9 Å². The summed E-state index contributed by atoms with van der Waals surface area (Å²) < 4.78 is 0. The number of carbonyl (C=O) groups excluding carboxylic acids is 1. The number of hydrogen-bond donors (Lipinski definition) is 1. The summed E-state index contributed by atoms with van der Waals surface area (Å²) in [6.07, 6.45) is 1.85. The molecule has 1 fully saturated rings. The number of anilines is 1. The molecule has 2 aromatic rings. The maximum absolute atomic E-state index is 12.6. The monoisotopic (exact) mass is 396 g/mol. The van der Waals surface area contributed by atoms with Crippen molar-refractivity contribution in [3.8, 4) is 0 Å². The number of amides is 1. The topological polar surface area (TPSA) is 32.3 Å². The van der Waals surface area contributed by atoms with Gasteiger partial charge in [-0.2, -0.15) is 0 Å². The fourth-order valence-corrected chi connectivity index (χ4v) is 3.75. The van der Waals surface area contributed by atoms with Crippen LogP contribution in [0, 0.1) is 5.92 Å². The van der Waals surface area contributed by atoms with Crippen LogP contribution in [0.5, 0.6) is 0 Å². The van der Waals surface area contributed by atoms with Gasteiger partial charge in [-0.25, -0.2) is 0 Å². The molecule has 25 heavy (non-hydrogen) atoms. The molecule has 0 aromatic heterocycles. The van der Waals surface area contributed by atoms with Gasteiger partial charge in [0.1, 0.15) is 0 Å². The van der Waals surface area contributed by atoms with Gasteiger partial charge in [0.15, 0.2) is 0 Å². The Morgan fingerprint density at radius 1 is 1.12 bits per heavy atom. The minimum atomic E-state index is -0.0592. The van der Waals surface area contributed by atoms with Crippen LogP contribution >= 0.6 is 34.8 Å². The van der Waals surface area contributed by atoms with Gasteiger partial charge in [-0.3, -0.25) is 9.69 Å². The predicted octanol–water partition coefficient (Wildman–Crippen LogP) is 5.50. The largest absolute Gasteiger partial charge is 0.324 e. The van der Waals surface area contributed by atoms with Crippen molar-refractivity contribution in [3.05, 3.63) is 63.1 Å². The highest BCUT2D eigenvalue weighted by Crippen LogP contribution is 2.26. The smallest absolute Gasteiger partial charge is 0.228 e. The second kappa shape index (κ2) is 8.41. The van der Waals surface area contributed by atoms with E-state index in [-0.39, 0.29) is 11.8 Å². The summed E-state index contributed by atoms with van der Waals surface area (Å²) in [6.45, 7) is 2.37. The summed E-state index contributed by atoms with van der Waals surface area (Å²) in [7, 11) is 0. The summed E-state index contributed by atoms with van der Waals surface area (Å²) >= 11 is 18.3. The summed E-state index contributed by atoms with van der Waals surface area (Å²) in [6, 6.07) is 12.8. The zero-order valence-corrected chi connectivity index (χ0v) is 15.9. The molecule has 1 N–H and O–H groups in total. The Labute approximate surface area is 162 Å². The number of hydrogen-bond acceptors (Lipinski definition) is 2. The Morgan fingerprint density at radius 2 is 1.92 bits per heavy atom. The van der Waals surface area contributed by atoms with Gasteiger partial charge in [0, 0.05) is 23.1 Å². The fourth-order valence-electron chi connectivity index (χ4n) is 3.10. The maximum atomic E-state index is 12.6. The first-order valence-corrected chi connectivity index (χ1v) is 9.38. The Balaban J connectivity index is 1.62. The Morgan fingerprint density at radius 3 is 2.68 bits per heavy atom. The summed E-state index contributed by atoms with van der Waals surface area (Å²) in [5, 5.41) is 4.79. The highest BCUT2D eigenvalue weighted by molar-refractivity contribution is 6.35. The fraction of sp³-hybridized carbons (Fsp3) is 0.316. The molecule has 0 aliphatic carbocycles. The zero-order chi connectivity index (χ0) is 17.8. The number of nitrogens with zero attached hydrogens (tertiary/aromatic N) is 1. The molecule has 0 saturated carbocycles. The normalized spacial score (nSPS) is 18.1. The minimum absolute atomic E-state index is 0.0139. The SMILES string of the molecule is O=C(Nc1ccccc1Cl)[C@H]1CCCN(Cc2ccc(Cl)cc2Cl)C1. The lowest BCUT2D eigenvalue weighted by Crippen LogP contribution is -2.40. The van der Waals surface area contributed by atoms with Crippen LogP contribution in [0.4, 0.5) is 5.69 Å². The number of likely N-dealkylation sites (tertiary alicyclic amines) is 1. The third-order valence-corrected chi connectivity index (χ3v) is 5.33. The average Bonchev–Trinajstić information content (AvgIpc) is 2.60. The number of nitrogens with one attached hydrogen (secondary N) is 1. The van der Waals surface area contributed by atoms with Crippen LogP contribution in [0.3, 0.4) is 0 Å². The molecule has 1 aliphatic heterocycles. The molecule has 132 valence electrons. The van der Waals surface area contributed by atoms with E-state index < -0.39 is 0 Å². The van der Waals surface area contributed by atoms with E-state index in [0.29, 0.717) is 33.8 Å². The van der Waals surface area contributed by atoms with Crippen LogP contribution < -0.4 is 5.32 Å². The molecule has 1 atom stereocenters. The van der Waals surface area contributed by atoms with Crippen molar-refractivity contribution in [2.45, 2.75) is 19.4 Å². The molecule has 1 heterocycles. The first-order valence-electron chi connectivity index (χ1n) is 8.24. The number of benzene rings is 2. The number of halogens is 3. The van der Waals surface area contributed by atoms with Gasteiger partial charge in [-0.15, -0.1) is 0 Å². The first-order chi connectivity index (χ1) is 12.0. The average molecular weight is 398 g/mol. The second-order valence-electron chi connectivity index (χ2n) is 6.28. The number of carbonyl (C=O) groups is 1. The van der Waals surface area contributed by atoms with Crippen molar-refractivity contribution >= 4 is 46.4 Å². The maximum Gasteiger partial charge on any atom is 0.228 e. The lowest BCUT2D eigenvalue weighted by molar-refractivity contribution is -0.121. The van der Waals surface area contributed by atoms with Crippen molar-refractivity contribution in [3.63, 3.8) is 0 Å². The van der Waals surface area contributed by atoms with E-state index >= 15 is 0 Å². The highest BCUT2D eigenvalue weighted by Gasteiger charge is 2.26. The molecule has 2 aromatic carbocycles. The van der Waals surface area contributed by atoms with Gasteiger partial charge >= 0.3 is 0 Å². The molecule has 1 aliphatic rings. The number of para-hydroxylation sites is 1. The Hall–Kier alpha value is -1.26. The van der Waals surface area contributed by atoms with Crippen molar-refractivity contribution in [2.75, 3.05) is 18.4 Å². The van der Waals surface area contributed by atoms with Crippen LogP contribution in [0.1, 0.15) is 18.4 Å². The van der Waals surface area contributed by atoms with Crippen LogP contribution in [0.25, 0.3) is 0 Å². The van der Waals surface area contributed by atoms with Gasteiger partial charge in [0.05, 0.1) is 16.6 Å². The molecule has 0 spiro atoms. The third kappa shape index (κ3) is 4.89. The summed E-state index contributed by atoms with van der Waals surface area (Å²) in [4.78, 5) is 14.8. The van der Waals surface area contributed by atoms with Crippen LogP contribution in [0.2, 0.25) is 15.1 Å². The highest BCUT2D eigenvalue weighted by atomic mass is 35.5. The van der Waals surface area contributed by atoms with E-state index in [0.717, 1.165) is 24.9 Å². The van der Waals surface area contributed by atoms with E-state index in [1.54, 1.807) is 12.1 Å². The second-order valence-corrected chi connectivity index (χ2v) is 7.53. The number of piperidine rings is 1. The summed E-state index contributed by atoms with van der Waals surface area (Å²) in [5.41, 5.74) is 1.69. The lowest BCUT2D eigenvalue weighted by Gasteiger charge is -2.32. The first kappa shape index (κ1) is 18.5. The Bertz CT molecular complexity index is 766. The molecule has 0 unspecified atom stereocenters. The molecular weight excluding hydrogens is 379 g/mol. The molecule has 6 heteroatoms. The zero-order valence-electron chi connectivity index (χ0n) is 13.6. The lowest BCUT2D eigenvalue weighted by atomic mass is 9.96. The van der Waals surface area contributed by atoms with Gasteiger partial charge < -0.3 is 5.32 Å². The van der Waals surface area contributed by atoms with Crippen molar-refractivity contribution in [1.82, 2.24) is 4.90 Å². The molecule has 0 bridgehead atoms. The van der Waals surface area contributed by atoms with Crippen molar-refractivity contribution in [2.24, 2.45) is 5.92 Å². The third-order valence-electron chi connectivity index (χ3n) is 4.42. The molecule has 3 rings (SSSR count). The van der Waals surface area contributed by atoms with Gasteiger partial charge in [0.25, 0.3) is 0 Å². The molecular formula is C19H19Cl3N2O. The van der Waals surface area contributed by atoms with E-state index in [9.17, 15) is 4.79 Å². The van der Waals surface area contributed by atoms with E-state index in [2.05, 4.69) is 10.2 Å². The summed E-state index contributed by atoms with van der Waals surface area (Å²) in [5.74, 6) is -0.0453. The van der Waals surface area contributed by atoms with Crippen molar-refractivity contribution in [1.29, 1.82) is 0 Å². The Kier molecular flexibility index (Phi) is 6.24. The minimum Gasteiger partial charge on any atom is -0.324 e. The van der Waals surface area contributed by atoms with Gasteiger partial charge in [0.2, 0.25) is 5.91 Å². The standard InChI is InChI=1S/C19H19Cl3N2O/c20-15-8-7-13(17(22)10-15)11-24-9-3-4-14(12-24)19(25)23-18-6-2-1-5-16(18)21/h1-2,5-8,10,14H,3-4,9,11-12H2,(H,23,25)/t14-/m0/s1. The van der Waals surface area contributed by atoms with Crippen LogP contribution in [0.15, 0.2) is 42.5 Å². The molecule has 0 radical (unpaired) electrons. The molecule has 1 saturated heterocycles. The van der Waals surface area contributed by atoms with Gasteiger partial charge in [-0.1, -0.05) is 53.0 Å². The quantitative estimate of drug-likeness (QED) is 0.739. The van der Waals surface area contributed by atoms with E-state index in [1.165, 1.54) is 0 Å². The molecule has 3 nitrogen and oxygen atoms in total. The van der Waals surface area contributed by atoms with E-state index in [1.807, 2.05) is 30.3 Å². The van der Waals surface area contributed by atoms with Crippen molar-refractivity contribution < 1.29 is 4.79 Å². The van der Waals surface area contributed by atoms with Gasteiger partial charge in [-0.05, 0) is 49.2 Å². The molecule has 1 amide bonds. The predicted molar refractivity (Wildman–Crippen MR) is 105 cm³/mol.